The Morgan fingerprint density at radius 3 is 2.15 bits per heavy atom. The number of nitrogens with one attached hydrogen (secondary N) is 2. The Bertz CT molecular complexity index is 295. The van der Waals surface area contributed by atoms with Crippen molar-refractivity contribution in [3.8, 4) is 0 Å². The molecule has 0 bridgehead atoms. The number of quaternary nitrogens is 1. The summed E-state index contributed by atoms with van der Waals surface area (Å²) in [6.07, 6.45) is -6.93. The first-order chi connectivity index (χ1) is 9.26. The molecule has 120 valence electrons. The Hall–Kier alpha value is -0.720. The van der Waals surface area contributed by atoms with Gasteiger partial charge in [0.1, 0.15) is 25.0 Å². The first kappa shape index (κ1) is 19.3. The average Bonchev–Trinajstić information content (AvgIpc) is 2.44. The molecule has 0 rings (SSSR count). The number of amides is 1. The molecule has 0 aliphatic rings. The Morgan fingerprint density at radius 2 is 1.75 bits per heavy atom. The lowest BCUT2D eigenvalue weighted by Crippen LogP contribution is -3.09. The summed E-state index contributed by atoms with van der Waals surface area (Å²) < 4.78 is 12.6. The number of hydrogen-bond donors (Lipinski definition) is 7. The van der Waals surface area contributed by atoms with Crippen LogP contribution in [0.3, 0.4) is 0 Å². The zero-order valence-corrected chi connectivity index (χ0v) is 10.9. The summed E-state index contributed by atoms with van der Waals surface area (Å²) >= 11 is 0. The number of rotatable bonds is 9. The molecule has 0 radical (unpaired) electrons. The molecular weight excluding hydrogens is 279 g/mol. The van der Waals surface area contributed by atoms with Gasteiger partial charge in [0, 0.05) is 6.54 Å². The molecule has 7 N–H and O–H groups in total. The van der Waals surface area contributed by atoms with E-state index in [-0.39, 0.29) is 0 Å². The van der Waals surface area contributed by atoms with Crippen molar-refractivity contribution in [1.82, 2.24) is 5.32 Å². The molecule has 20 heavy (non-hydrogen) atoms. The molecule has 0 aliphatic heterocycles. The third-order valence-corrected chi connectivity index (χ3v) is 2.72. The lowest BCUT2D eigenvalue weighted by Gasteiger charge is -2.27. The maximum absolute atomic E-state index is 12.6. The van der Waals surface area contributed by atoms with Gasteiger partial charge in [0.05, 0.1) is 19.8 Å². The first-order valence-corrected chi connectivity index (χ1v) is 5.93. The SMILES string of the molecule is C[NH+]([O-])C(=O)C(CF)NCC(O)C(O)C(O)C(O)CO. The highest BCUT2D eigenvalue weighted by Gasteiger charge is 2.31. The molecule has 6 atom stereocenters. The van der Waals surface area contributed by atoms with Gasteiger partial charge in [-0.25, -0.2) is 9.18 Å². The van der Waals surface area contributed by atoms with Crippen LogP contribution >= 0.6 is 0 Å². The second kappa shape index (κ2) is 9.26. The zero-order valence-electron chi connectivity index (χ0n) is 10.9. The Labute approximate surface area is 114 Å². The Kier molecular flexibility index (Phi) is 8.93. The molecule has 0 heterocycles. The van der Waals surface area contributed by atoms with Gasteiger partial charge >= 0.3 is 5.91 Å². The van der Waals surface area contributed by atoms with Gasteiger partial charge in [-0.1, -0.05) is 0 Å². The highest BCUT2D eigenvalue weighted by molar-refractivity contribution is 5.73. The van der Waals surface area contributed by atoms with E-state index < -0.39 is 61.3 Å². The normalized spacial score (nSPS) is 20.8. The smallest absolute Gasteiger partial charge is 0.331 e. The lowest BCUT2D eigenvalue weighted by atomic mass is 10.0. The number of aliphatic hydroxyl groups excluding tert-OH is 5. The molecular formula is C10H21FN2O7. The molecule has 0 aromatic carbocycles. The van der Waals surface area contributed by atoms with E-state index in [1.165, 1.54) is 0 Å². The van der Waals surface area contributed by atoms with Gasteiger partial charge in [0.15, 0.2) is 6.04 Å². The monoisotopic (exact) mass is 300 g/mol. The van der Waals surface area contributed by atoms with Crippen molar-refractivity contribution in [3.63, 3.8) is 0 Å². The van der Waals surface area contributed by atoms with Gasteiger partial charge in [-0.05, 0) is 0 Å². The van der Waals surface area contributed by atoms with Crippen LogP contribution in [0.2, 0.25) is 0 Å². The van der Waals surface area contributed by atoms with E-state index >= 15 is 0 Å². The molecule has 0 fully saturated rings. The fourth-order valence-corrected chi connectivity index (χ4v) is 1.41. The van der Waals surface area contributed by atoms with Crippen LogP contribution in [0.15, 0.2) is 0 Å². The highest BCUT2D eigenvalue weighted by atomic mass is 19.1. The van der Waals surface area contributed by atoms with Crippen LogP contribution in [-0.2, 0) is 4.79 Å². The summed E-state index contributed by atoms with van der Waals surface area (Å²) in [6.45, 7) is -2.50. The number of carbonyl (C=O) groups excluding carboxylic acids is 1. The number of halogens is 1. The molecule has 9 nitrogen and oxygen atoms in total. The minimum absolute atomic E-state index is 0.496. The summed E-state index contributed by atoms with van der Waals surface area (Å²) in [5.74, 6) is -1.01. The highest BCUT2D eigenvalue weighted by Crippen LogP contribution is 2.04. The summed E-state index contributed by atoms with van der Waals surface area (Å²) in [4.78, 5) is 11.2. The van der Waals surface area contributed by atoms with Crippen molar-refractivity contribution in [2.75, 3.05) is 26.9 Å². The van der Waals surface area contributed by atoms with Crippen molar-refractivity contribution < 1.29 is 39.8 Å². The van der Waals surface area contributed by atoms with E-state index in [1.807, 2.05) is 0 Å². The van der Waals surface area contributed by atoms with Crippen LogP contribution in [0.1, 0.15) is 0 Å². The Balaban J connectivity index is 4.38. The lowest BCUT2D eigenvalue weighted by molar-refractivity contribution is -0.741. The second-order valence-electron chi connectivity index (χ2n) is 4.33. The van der Waals surface area contributed by atoms with Crippen molar-refractivity contribution >= 4 is 5.91 Å². The van der Waals surface area contributed by atoms with E-state index in [1.54, 1.807) is 0 Å². The van der Waals surface area contributed by atoms with Gasteiger partial charge in [-0.15, -0.1) is 0 Å². The van der Waals surface area contributed by atoms with E-state index in [9.17, 15) is 29.7 Å². The van der Waals surface area contributed by atoms with Crippen LogP contribution in [-0.4, -0.2) is 88.8 Å². The number of hydroxylamine groups is 2. The van der Waals surface area contributed by atoms with E-state index in [0.717, 1.165) is 7.05 Å². The van der Waals surface area contributed by atoms with Crippen LogP contribution in [0.4, 0.5) is 4.39 Å². The van der Waals surface area contributed by atoms with Gasteiger partial charge in [-0.3, -0.25) is 5.32 Å². The van der Waals surface area contributed by atoms with Crippen LogP contribution in [0.5, 0.6) is 0 Å². The molecule has 1 amide bonds. The van der Waals surface area contributed by atoms with E-state index in [0.29, 0.717) is 0 Å². The average molecular weight is 300 g/mol. The molecule has 10 heteroatoms. The molecule has 0 aliphatic carbocycles. The van der Waals surface area contributed by atoms with Crippen LogP contribution < -0.4 is 10.4 Å². The van der Waals surface area contributed by atoms with Crippen molar-refractivity contribution in [3.05, 3.63) is 5.21 Å². The van der Waals surface area contributed by atoms with Gasteiger partial charge in [0.2, 0.25) is 0 Å². The van der Waals surface area contributed by atoms with Crippen LogP contribution in [0.25, 0.3) is 0 Å². The summed E-state index contributed by atoms with van der Waals surface area (Å²) in [5, 5.41) is 58.1. The van der Waals surface area contributed by atoms with Crippen molar-refractivity contribution in [2.45, 2.75) is 30.5 Å². The second-order valence-corrected chi connectivity index (χ2v) is 4.33. The van der Waals surface area contributed by atoms with Gasteiger partial charge in [-0.2, -0.15) is 0 Å². The number of carbonyl (C=O) groups is 1. The molecule has 0 aromatic rings. The predicted molar refractivity (Wildman–Crippen MR) is 64.1 cm³/mol. The molecule has 6 unspecified atom stereocenters. The maximum atomic E-state index is 12.6. The third kappa shape index (κ3) is 5.73. The van der Waals surface area contributed by atoms with Crippen LogP contribution in [0, 0.1) is 5.21 Å². The topological polar surface area (TPSA) is 158 Å². The van der Waals surface area contributed by atoms with Crippen molar-refractivity contribution in [1.29, 1.82) is 0 Å². The number of alkyl halides is 1. The third-order valence-electron chi connectivity index (χ3n) is 2.72. The van der Waals surface area contributed by atoms with Crippen molar-refractivity contribution in [2.24, 2.45) is 0 Å². The quantitative estimate of drug-likeness (QED) is 0.208. The fourth-order valence-electron chi connectivity index (χ4n) is 1.41. The fraction of sp³-hybridized carbons (Fsp3) is 0.900. The summed E-state index contributed by atoms with van der Waals surface area (Å²) in [5.41, 5.74) is 0. The Morgan fingerprint density at radius 1 is 1.25 bits per heavy atom. The van der Waals surface area contributed by atoms with E-state index in [2.05, 4.69) is 5.32 Å². The minimum atomic E-state index is -1.82. The van der Waals surface area contributed by atoms with E-state index in [4.69, 9.17) is 10.2 Å². The molecule has 0 saturated heterocycles. The van der Waals surface area contributed by atoms with Gasteiger partial charge in [0.25, 0.3) is 0 Å². The zero-order chi connectivity index (χ0) is 15.9. The largest absolute Gasteiger partial charge is 0.627 e. The molecule has 0 spiro atoms. The number of likely N-dealkylation sites (N-methyl/N-ethyl adjacent to an activating group) is 1. The molecule has 0 aromatic heterocycles. The number of hydrogen-bond acceptors (Lipinski definition) is 8. The van der Waals surface area contributed by atoms with Gasteiger partial charge < -0.3 is 35.8 Å². The first-order valence-electron chi connectivity index (χ1n) is 5.93. The predicted octanol–water partition coefficient (Wildman–Crippen LogP) is -5.11. The molecule has 0 saturated carbocycles. The summed E-state index contributed by atoms with van der Waals surface area (Å²) in [7, 11) is 0.972. The summed E-state index contributed by atoms with van der Waals surface area (Å²) in [6, 6.07) is -1.45. The number of aliphatic hydroxyl groups is 5. The maximum Gasteiger partial charge on any atom is 0.331 e. The standard InChI is InChI=1S/C10H21FN2O7/c1-13(20)10(19)5(2-11)12-3-6(15)8(17)9(18)7(16)4-14/h5-9,12-18H,2-4H2,1H3. The minimum Gasteiger partial charge on any atom is -0.627 e.